The molecule has 0 bridgehead atoms. The molecule has 2 rings (SSSR count). The Hall–Kier alpha value is -0.680. The first-order valence-electron chi connectivity index (χ1n) is 4.11. The Labute approximate surface area is 84.7 Å². The van der Waals surface area contributed by atoms with Crippen LogP contribution in [0.4, 0.5) is 0 Å². The third kappa shape index (κ3) is 1.42. The zero-order chi connectivity index (χ0) is 9.42. The lowest BCUT2D eigenvalue weighted by atomic mass is 10.3. The summed E-state index contributed by atoms with van der Waals surface area (Å²) in [5.41, 5.74) is 0.656. The van der Waals surface area contributed by atoms with Crippen molar-refractivity contribution in [1.29, 1.82) is 0 Å². The minimum atomic E-state index is 0.656. The van der Waals surface area contributed by atoms with Crippen LogP contribution in [0.25, 0.3) is 0 Å². The van der Waals surface area contributed by atoms with Crippen LogP contribution in [0.15, 0.2) is 4.60 Å². The van der Waals surface area contributed by atoms with E-state index in [9.17, 15) is 4.79 Å². The van der Waals surface area contributed by atoms with Gasteiger partial charge >= 0.3 is 0 Å². The van der Waals surface area contributed by atoms with Crippen LogP contribution in [0.5, 0.6) is 0 Å². The van der Waals surface area contributed by atoms with Crippen LogP contribution in [0.3, 0.4) is 0 Å². The molecule has 1 aromatic heterocycles. The number of imidazole rings is 1. The van der Waals surface area contributed by atoms with E-state index in [-0.39, 0.29) is 0 Å². The van der Waals surface area contributed by atoms with Crippen LogP contribution in [-0.2, 0) is 13.1 Å². The van der Waals surface area contributed by atoms with Crippen LogP contribution in [0.2, 0.25) is 0 Å². The zero-order valence-electron chi connectivity index (χ0n) is 7.33. The number of halogens is 1. The van der Waals surface area contributed by atoms with Crippen molar-refractivity contribution in [1.82, 2.24) is 14.5 Å². The van der Waals surface area contributed by atoms with E-state index in [4.69, 9.17) is 0 Å². The summed E-state index contributed by atoms with van der Waals surface area (Å²) in [4.78, 5) is 17.2. The zero-order valence-corrected chi connectivity index (χ0v) is 8.91. The van der Waals surface area contributed by atoms with Crippen molar-refractivity contribution in [3.05, 3.63) is 16.1 Å². The van der Waals surface area contributed by atoms with Crippen molar-refractivity contribution in [3.63, 3.8) is 0 Å². The van der Waals surface area contributed by atoms with Crippen LogP contribution in [0.1, 0.15) is 16.3 Å². The highest BCUT2D eigenvalue weighted by molar-refractivity contribution is 9.10. The van der Waals surface area contributed by atoms with E-state index in [1.807, 2.05) is 11.6 Å². The molecule has 0 saturated heterocycles. The molecule has 0 atom stereocenters. The number of hydrogen-bond donors (Lipinski definition) is 0. The number of carbonyl (C=O) groups excluding carboxylic acids is 1. The molecule has 0 aliphatic carbocycles. The van der Waals surface area contributed by atoms with E-state index in [1.165, 1.54) is 0 Å². The lowest BCUT2D eigenvalue weighted by Gasteiger charge is -2.23. The Balaban J connectivity index is 2.46. The van der Waals surface area contributed by atoms with E-state index in [0.29, 0.717) is 10.3 Å². The van der Waals surface area contributed by atoms with E-state index in [0.717, 1.165) is 31.7 Å². The monoisotopic (exact) mass is 243 g/mol. The Morgan fingerprint density at radius 2 is 2.31 bits per heavy atom. The van der Waals surface area contributed by atoms with Crippen molar-refractivity contribution in [3.8, 4) is 0 Å². The second-order valence-electron chi connectivity index (χ2n) is 3.21. The predicted molar refractivity (Wildman–Crippen MR) is 51.6 cm³/mol. The highest BCUT2D eigenvalue weighted by Gasteiger charge is 2.19. The quantitative estimate of drug-likeness (QED) is 0.689. The molecule has 4 nitrogen and oxygen atoms in total. The third-order valence-electron chi connectivity index (χ3n) is 2.27. The average Bonchev–Trinajstić information content (AvgIpc) is 2.39. The second kappa shape index (κ2) is 3.23. The molecular weight excluding hydrogens is 234 g/mol. The first-order chi connectivity index (χ1) is 6.22. The molecule has 1 aliphatic rings. The fraction of sp³-hybridized carbons (Fsp3) is 0.500. The summed E-state index contributed by atoms with van der Waals surface area (Å²) in [7, 11) is 2.05. The highest BCUT2D eigenvalue weighted by atomic mass is 79.9. The normalized spacial score (nSPS) is 17.1. The maximum atomic E-state index is 10.7. The number of hydrogen-bond acceptors (Lipinski definition) is 3. The minimum absolute atomic E-state index is 0.656. The van der Waals surface area contributed by atoms with Gasteiger partial charge in [-0.05, 0) is 23.0 Å². The van der Waals surface area contributed by atoms with Gasteiger partial charge in [0.05, 0.1) is 6.54 Å². The Morgan fingerprint density at radius 3 is 3.00 bits per heavy atom. The summed E-state index contributed by atoms with van der Waals surface area (Å²) in [5.74, 6) is 0.961. The Kier molecular flexibility index (Phi) is 2.21. The van der Waals surface area contributed by atoms with Crippen molar-refractivity contribution in [2.24, 2.45) is 0 Å². The second-order valence-corrected chi connectivity index (χ2v) is 3.96. The van der Waals surface area contributed by atoms with E-state index in [2.05, 4.69) is 25.8 Å². The maximum Gasteiger partial charge on any atom is 0.169 e. The van der Waals surface area contributed by atoms with Gasteiger partial charge in [-0.3, -0.25) is 9.69 Å². The van der Waals surface area contributed by atoms with Gasteiger partial charge in [0, 0.05) is 13.1 Å². The van der Waals surface area contributed by atoms with Crippen molar-refractivity contribution in [2.45, 2.75) is 13.1 Å². The standard InChI is InChI=1S/C8H10BrN3O/c1-11-2-3-12-6(5-13)8(9)10-7(12)4-11/h5H,2-4H2,1H3. The third-order valence-corrected chi connectivity index (χ3v) is 2.85. The molecule has 0 unspecified atom stereocenters. The number of nitrogens with zero attached hydrogens (tertiary/aromatic N) is 3. The largest absolute Gasteiger partial charge is 0.322 e. The predicted octanol–water partition coefficient (Wildman–Crippen LogP) is 0.904. The summed E-state index contributed by atoms with van der Waals surface area (Å²) in [6.07, 6.45) is 0.853. The molecule has 70 valence electrons. The van der Waals surface area contributed by atoms with Gasteiger partial charge in [0.25, 0.3) is 0 Å². The van der Waals surface area contributed by atoms with Gasteiger partial charge < -0.3 is 4.57 Å². The van der Waals surface area contributed by atoms with Gasteiger partial charge in [0.2, 0.25) is 0 Å². The van der Waals surface area contributed by atoms with Gasteiger partial charge in [-0.25, -0.2) is 4.98 Å². The number of likely N-dealkylation sites (N-methyl/N-ethyl adjacent to an activating group) is 1. The number of aldehydes is 1. The van der Waals surface area contributed by atoms with Gasteiger partial charge in [-0.1, -0.05) is 0 Å². The van der Waals surface area contributed by atoms with Crippen molar-refractivity contribution >= 4 is 22.2 Å². The van der Waals surface area contributed by atoms with Gasteiger partial charge in [-0.2, -0.15) is 0 Å². The van der Waals surface area contributed by atoms with Crippen LogP contribution in [-0.4, -0.2) is 34.3 Å². The van der Waals surface area contributed by atoms with E-state index >= 15 is 0 Å². The lowest BCUT2D eigenvalue weighted by Crippen LogP contribution is -2.31. The molecule has 0 aromatic carbocycles. The summed E-state index contributed by atoms with van der Waals surface area (Å²) in [6, 6.07) is 0. The molecule has 0 radical (unpaired) electrons. The molecule has 0 fully saturated rings. The minimum Gasteiger partial charge on any atom is -0.322 e. The number of fused-ring (bicyclic) bond motifs is 1. The van der Waals surface area contributed by atoms with Crippen LogP contribution >= 0.6 is 15.9 Å². The first kappa shape index (κ1) is 8.90. The summed E-state index contributed by atoms with van der Waals surface area (Å²) in [5, 5.41) is 0. The number of carbonyl (C=O) groups is 1. The molecule has 1 aromatic rings. The molecule has 5 heteroatoms. The van der Waals surface area contributed by atoms with Gasteiger partial charge in [0.15, 0.2) is 6.29 Å². The topological polar surface area (TPSA) is 38.1 Å². The Morgan fingerprint density at radius 1 is 1.54 bits per heavy atom. The number of rotatable bonds is 1. The average molecular weight is 244 g/mol. The molecule has 2 heterocycles. The smallest absolute Gasteiger partial charge is 0.169 e. The molecule has 0 spiro atoms. The maximum absolute atomic E-state index is 10.7. The molecular formula is C8H10BrN3O. The summed E-state index contributed by atoms with van der Waals surface area (Å²) in [6.45, 7) is 2.63. The SMILES string of the molecule is CN1CCn2c(nc(Br)c2C=O)C1. The van der Waals surface area contributed by atoms with E-state index < -0.39 is 0 Å². The molecule has 1 aliphatic heterocycles. The number of aromatic nitrogens is 2. The molecule has 13 heavy (non-hydrogen) atoms. The van der Waals surface area contributed by atoms with Crippen LogP contribution < -0.4 is 0 Å². The molecule has 0 N–H and O–H groups in total. The van der Waals surface area contributed by atoms with Crippen molar-refractivity contribution < 1.29 is 4.79 Å². The fourth-order valence-electron chi connectivity index (χ4n) is 1.55. The first-order valence-corrected chi connectivity index (χ1v) is 4.90. The van der Waals surface area contributed by atoms with Crippen molar-refractivity contribution in [2.75, 3.05) is 13.6 Å². The lowest BCUT2D eigenvalue weighted by molar-refractivity contribution is 0.111. The van der Waals surface area contributed by atoms with Crippen LogP contribution in [0, 0.1) is 0 Å². The Bertz CT molecular complexity index is 347. The van der Waals surface area contributed by atoms with E-state index in [1.54, 1.807) is 0 Å². The fourth-order valence-corrected chi connectivity index (χ4v) is 2.07. The summed E-state index contributed by atoms with van der Waals surface area (Å²) < 4.78 is 2.63. The van der Waals surface area contributed by atoms with Gasteiger partial charge in [0.1, 0.15) is 16.1 Å². The highest BCUT2D eigenvalue weighted by Crippen LogP contribution is 2.19. The molecule has 0 saturated carbocycles. The summed E-state index contributed by atoms with van der Waals surface area (Å²) >= 11 is 3.28. The van der Waals surface area contributed by atoms with Gasteiger partial charge in [-0.15, -0.1) is 0 Å². The molecule has 0 amide bonds.